The van der Waals surface area contributed by atoms with Crippen molar-refractivity contribution in [3.63, 3.8) is 0 Å². The zero-order valence-corrected chi connectivity index (χ0v) is 12.4. The first-order valence-electron chi connectivity index (χ1n) is 6.77. The number of ether oxygens (including phenoxy) is 1. The maximum absolute atomic E-state index is 12.8. The molecule has 5 nitrogen and oxygen atoms in total. The summed E-state index contributed by atoms with van der Waals surface area (Å²) in [6.07, 6.45) is 0.910. The molecule has 0 saturated carbocycles. The molecule has 1 N–H and O–H groups in total. The van der Waals surface area contributed by atoms with E-state index in [-0.39, 0.29) is 37.2 Å². The van der Waals surface area contributed by atoms with E-state index in [1.54, 1.807) is 12.1 Å². The van der Waals surface area contributed by atoms with Crippen LogP contribution < -0.4 is 5.32 Å². The zero-order chi connectivity index (χ0) is 15.7. The number of carbonyl (C=O) groups excluding carboxylic acids is 2. The average molecular weight is 296 g/mol. The quantitative estimate of drug-likeness (QED) is 0.727. The number of esters is 1. The Hall–Kier alpha value is -1.95. The van der Waals surface area contributed by atoms with Gasteiger partial charge in [-0.15, -0.1) is 0 Å². The fourth-order valence-corrected chi connectivity index (χ4v) is 1.76. The van der Waals surface area contributed by atoms with Crippen LogP contribution in [0.3, 0.4) is 0 Å². The van der Waals surface area contributed by atoms with Gasteiger partial charge in [0, 0.05) is 13.1 Å². The third-order valence-corrected chi connectivity index (χ3v) is 2.99. The van der Waals surface area contributed by atoms with Crippen molar-refractivity contribution >= 4 is 11.9 Å². The maximum atomic E-state index is 12.8. The smallest absolute Gasteiger partial charge is 0.307 e. The van der Waals surface area contributed by atoms with E-state index in [0.29, 0.717) is 6.54 Å². The van der Waals surface area contributed by atoms with E-state index < -0.39 is 0 Å². The molecule has 0 heterocycles. The Morgan fingerprint density at radius 3 is 2.57 bits per heavy atom. The lowest BCUT2D eigenvalue weighted by Crippen LogP contribution is -2.37. The van der Waals surface area contributed by atoms with Crippen LogP contribution in [0.5, 0.6) is 0 Å². The van der Waals surface area contributed by atoms with Gasteiger partial charge in [-0.2, -0.15) is 0 Å². The van der Waals surface area contributed by atoms with E-state index in [0.717, 1.165) is 12.0 Å². The Morgan fingerprint density at radius 1 is 1.29 bits per heavy atom. The van der Waals surface area contributed by atoms with Crippen LogP contribution in [0.25, 0.3) is 0 Å². The average Bonchev–Trinajstić information content (AvgIpc) is 2.46. The van der Waals surface area contributed by atoms with Gasteiger partial charge in [-0.05, 0) is 31.2 Å². The third kappa shape index (κ3) is 7.41. The van der Waals surface area contributed by atoms with Crippen LogP contribution in [0.1, 0.15) is 12.0 Å². The van der Waals surface area contributed by atoms with Gasteiger partial charge < -0.3 is 10.1 Å². The minimum Gasteiger partial charge on any atom is -0.469 e. The van der Waals surface area contributed by atoms with Gasteiger partial charge in [0.25, 0.3) is 0 Å². The Labute approximate surface area is 124 Å². The Morgan fingerprint density at radius 2 is 1.95 bits per heavy atom. The van der Waals surface area contributed by atoms with Gasteiger partial charge in [0.2, 0.25) is 5.91 Å². The number of methoxy groups -OCH3 is 1. The van der Waals surface area contributed by atoms with E-state index in [4.69, 9.17) is 0 Å². The van der Waals surface area contributed by atoms with Crippen molar-refractivity contribution in [2.75, 3.05) is 33.8 Å². The molecule has 116 valence electrons. The van der Waals surface area contributed by atoms with Crippen LogP contribution in [-0.4, -0.2) is 50.6 Å². The monoisotopic (exact) mass is 296 g/mol. The molecule has 6 heteroatoms. The summed E-state index contributed by atoms with van der Waals surface area (Å²) in [5.41, 5.74) is 1.02. The second-order valence-electron chi connectivity index (χ2n) is 4.79. The van der Waals surface area contributed by atoms with Crippen molar-refractivity contribution < 1.29 is 18.7 Å². The standard InChI is InChI=1S/C15H21FN2O3/c1-18(10-8-12-3-5-13(16)6-4-12)11-14(19)17-9-7-15(20)21-2/h3-6H,7-11H2,1-2H3,(H,17,19). The highest BCUT2D eigenvalue weighted by molar-refractivity contribution is 5.78. The number of nitrogens with one attached hydrogen (secondary N) is 1. The first-order chi connectivity index (χ1) is 10.0. The van der Waals surface area contributed by atoms with Gasteiger partial charge in [-0.1, -0.05) is 12.1 Å². The number of nitrogens with zero attached hydrogens (tertiary/aromatic N) is 1. The molecule has 1 rings (SSSR count). The fourth-order valence-electron chi connectivity index (χ4n) is 1.76. The van der Waals surface area contributed by atoms with Gasteiger partial charge in [0.05, 0.1) is 20.1 Å². The van der Waals surface area contributed by atoms with Crippen LogP contribution in [-0.2, 0) is 20.7 Å². The molecule has 0 spiro atoms. The summed E-state index contributed by atoms with van der Waals surface area (Å²) in [6.45, 7) is 1.22. The molecule has 0 radical (unpaired) electrons. The lowest BCUT2D eigenvalue weighted by atomic mass is 10.1. The van der Waals surface area contributed by atoms with E-state index in [2.05, 4.69) is 10.1 Å². The largest absolute Gasteiger partial charge is 0.469 e. The first kappa shape index (κ1) is 17.1. The summed E-state index contributed by atoms with van der Waals surface area (Å²) < 4.78 is 17.2. The molecule has 0 aliphatic rings. The number of halogens is 1. The third-order valence-electron chi connectivity index (χ3n) is 2.99. The molecule has 0 aromatic heterocycles. The predicted octanol–water partition coefficient (Wildman–Crippen LogP) is 0.979. The van der Waals surface area contributed by atoms with Gasteiger partial charge in [0.15, 0.2) is 0 Å². The summed E-state index contributed by atoms with van der Waals surface area (Å²) in [6, 6.07) is 6.32. The minimum atomic E-state index is -0.347. The Kier molecular flexibility index (Phi) is 7.39. The van der Waals surface area contributed by atoms with Crippen LogP contribution in [0.2, 0.25) is 0 Å². The van der Waals surface area contributed by atoms with Crippen LogP contribution in [0.15, 0.2) is 24.3 Å². The van der Waals surface area contributed by atoms with E-state index in [9.17, 15) is 14.0 Å². The highest BCUT2D eigenvalue weighted by atomic mass is 19.1. The molecule has 0 fully saturated rings. The molecular weight excluding hydrogens is 275 g/mol. The number of likely N-dealkylation sites (N-methyl/N-ethyl adjacent to an activating group) is 1. The van der Waals surface area contributed by atoms with Gasteiger partial charge in [-0.25, -0.2) is 4.39 Å². The second kappa shape index (κ2) is 9.07. The van der Waals surface area contributed by atoms with Crippen molar-refractivity contribution in [2.45, 2.75) is 12.8 Å². The number of benzene rings is 1. The van der Waals surface area contributed by atoms with Crippen LogP contribution in [0.4, 0.5) is 4.39 Å². The molecule has 1 aromatic rings. The highest BCUT2D eigenvalue weighted by Gasteiger charge is 2.07. The normalized spacial score (nSPS) is 10.5. The van der Waals surface area contributed by atoms with Gasteiger partial charge in [0.1, 0.15) is 5.82 Å². The first-order valence-corrected chi connectivity index (χ1v) is 6.77. The van der Waals surface area contributed by atoms with Crippen LogP contribution in [0, 0.1) is 5.82 Å². The van der Waals surface area contributed by atoms with Crippen LogP contribution >= 0.6 is 0 Å². The lowest BCUT2D eigenvalue weighted by Gasteiger charge is -2.16. The topological polar surface area (TPSA) is 58.6 Å². The highest BCUT2D eigenvalue weighted by Crippen LogP contribution is 2.04. The molecule has 1 aromatic carbocycles. The van der Waals surface area contributed by atoms with E-state index >= 15 is 0 Å². The molecule has 21 heavy (non-hydrogen) atoms. The molecule has 0 bridgehead atoms. The maximum Gasteiger partial charge on any atom is 0.307 e. The Balaban J connectivity index is 2.20. The summed E-state index contributed by atoms with van der Waals surface area (Å²) in [5.74, 6) is -0.738. The molecular formula is C15H21FN2O3. The molecule has 0 atom stereocenters. The van der Waals surface area contributed by atoms with Crippen molar-refractivity contribution in [2.24, 2.45) is 0 Å². The molecule has 1 amide bonds. The van der Waals surface area contributed by atoms with Crippen molar-refractivity contribution in [1.29, 1.82) is 0 Å². The molecule has 0 unspecified atom stereocenters. The number of carbonyl (C=O) groups is 2. The fraction of sp³-hybridized carbons (Fsp3) is 0.467. The predicted molar refractivity (Wildman–Crippen MR) is 77.2 cm³/mol. The van der Waals surface area contributed by atoms with Gasteiger partial charge in [-0.3, -0.25) is 14.5 Å². The zero-order valence-electron chi connectivity index (χ0n) is 12.4. The Bertz CT molecular complexity index is 462. The van der Waals surface area contributed by atoms with Crippen molar-refractivity contribution in [1.82, 2.24) is 10.2 Å². The summed E-state index contributed by atoms with van der Waals surface area (Å²) in [4.78, 5) is 24.4. The van der Waals surface area contributed by atoms with Gasteiger partial charge >= 0.3 is 5.97 Å². The number of amides is 1. The number of hydrogen-bond donors (Lipinski definition) is 1. The molecule has 0 aliphatic heterocycles. The minimum absolute atomic E-state index is 0.138. The van der Waals surface area contributed by atoms with E-state index in [1.165, 1.54) is 19.2 Å². The lowest BCUT2D eigenvalue weighted by molar-refractivity contribution is -0.140. The van der Waals surface area contributed by atoms with Crippen molar-refractivity contribution in [3.05, 3.63) is 35.6 Å². The van der Waals surface area contributed by atoms with E-state index in [1.807, 2.05) is 11.9 Å². The number of rotatable bonds is 8. The summed E-state index contributed by atoms with van der Waals surface area (Å²) >= 11 is 0. The molecule has 0 aliphatic carbocycles. The number of hydrogen-bond acceptors (Lipinski definition) is 4. The molecule has 0 saturated heterocycles. The summed E-state index contributed by atoms with van der Waals surface area (Å²) in [5, 5.41) is 2.65. The summed E-state index contributed by atoms with van der Waals surface area (Å²) in [7, 11) is 3.15. The SMILES string of the molecule is COC(=O)CCNC(=O)CN(C)CCc1ccc(F)cc1. The second-order valence-corrected chi connectivity index (χ2v) is 4.79. The van der Waals surface area contributed by atoms with Crippen molar-refractivity contribution in [3.8, 4) is 0 Å².